The molecule has 1 aromatic heterocycles. The lowest BCUT2D eigenvalue weighted by Crippen LogP contribution is -2.03. The second-order valence-corrected chi connectivity index (χ2v) is 3.73. The molecule has 0 radical (unpaired) electrons. The van der Waals surface area contributed by atoms with E-state index in [0.29, 0.717) is 35.1 Å². The van der Waals surface area contributed by atoms with Crippen molar-refractivity contribution in [2.24, 2.45) is 0 Å². The number of nitrogens with one attached hydrogen (secondary N) is 1. The number of hydrogen-bond acceptors (Lipinski definition) is 5. The summed E-state index contributed by atoms with van der Waals surface area (Å²) >= 11 is 0. The lowest BCUT2D eigenvalue weighted by atomic mass is 10.2. The molecule has 2 aromatic rings. The minimum atomic E-state index is 0.416. The standard InChI is InChI=1S/C13H13N5/c1-2-12-17-11(15)7-13(18-12)16-10-6-4-3-5-9(10)8-14/h3-7H,2H2,1H3,(H3,15,16,17,18). The molecule has 0 aliphatic heterocycles. The van der Waals surface area contributed by atoms with Gasteiger partial charge < -0.3 is 11.1 Å². The fourth-order valence-corrected chi connectivity index (χ4v) is 1.57. The predicted octanol–water partition coefficient (Wildman–Crippen LogP) is 2.24. The normalized spacial score (nSPS) is 9.78. The van der Waals surface area contributed by atoms with Crippen LogP contribution in [0.3, 0.4) is 0 Å². The van der Waals surface area contributed by atoms with Crippen LogP contribution in [0.4, 0.5) is 17.3 Å². The maximum absolute atomic E-state index is 9.00. The Labute approximate surface area is 105 Å². The number of nitrogen functional groups attached to an aromatic ring is 1. The Kier molecular flexibility index (Phi) is 3.39. The Bertz CT molecular complexity index is 601. The molecule has 3 N–H and O–H groups in total. The van der Waals surface area contributed by atoms with E-state index in [1.807, 2.05) is 25.1 Å². The minimum absolute atomic E-state index is 0.416. The first kappa shape index (κ1) is 11.9. The summed E-state index contributed by atoms with van der Waals surface area (Å²) in [6.07, 6.45) is 0.708. The second kappa shape index (κ2) is 5.15. The average Bonchev–Trinajstić information content (AvgIpc) is 2.38. The fourth-order valence-electron chi connectivity index (χ4n) is 1.57. The lowest BCUT2D eigenvalue weighted by Gasteiger charge is -2.08. The third-order valence-electron chi connectivity index (χ3n) is 2.42. The number of nitrogens with zero attached hydrogens (tertiary/aromatic N) is 3. The van der Waals surface area contributed by atoms with Gasteiger partial charge in [0.25, 0.3) is 0 Å². The van der Waals surface area contributed by atoms with Crippen LogP contribution in [0, 0.1) is 11.3 Å². The first-order valence-electron chi connectivity index (χ1n) is 5.62. The van der Waals surface area contributed by atoms with E-state index in [2.05, 4.69) is 21.4 Å². The van der Waals surface area contributed by atoms with E-state index in [-0.39, 0.29) is 0 Å². The SMILES string of the molecule is CCc1nc(N)cc(Nc2ccccc2C#N)n1. The van der Waals surface area contributed by atoms with Gasteiger partial charge in [-0.1, -0.05) is 19.1 Å². The van der Waals surface area contributed by atoms with Crippen LogP contribution in [0.5, 0.6) is 0 Å². The molecular formula is C13H13N5. The van der Waals surface area contributed by atoms with E-state index < -0.39 is 0 Å². The van der Waals surface area contributed by atoms with E-state index in [1.165, 1.54) is 0 Å². The summed E-state index contributed by atoms with van der Waals surface area (Å²) in [5.74, 6) is 1.69. The van der Waals surface area contributed by atoms with Gasteiger partial charge in [-0.15, -0.1) is 0 Å². The van der Waals surface area contributed by atoms with Crippen LogP contribution < -0.4 is 11.1 Å². The quantitative estimate of drug-likeness (QED) is 0.857. The topological polar surface area (TPSA) is 87.6 Å². The first-order chi connectivity index (χ1) is 8.72. The summed E-state index contributed by atoms with van der Waals surface area (Å²) < 4.78 is 0. The van der Waals surface area contributed by atoms with Crippen LogP contribution in [-0.4, -0.2) is 9.97 Å². The number of para-hydroxylation sites is 1. The van der Waals surface area contributed by atoms with Crippen molar-refractivity contribution in [1.29, 1.82) is 5.26 Å². The molecule has 5 nitrogen and oxygen atoms in total. The number of benzene rings is 1. The Balaban J connectivity index is 2.34. The highest BCUT2D eigenvalue weighted by molar-refractivity contribution is 5.65. The number of rotatable bonds is 3. The number of nitrogens with two attached hydrogens (primary N) is 1. The van der Waals surface area contributed by atoms with Gasteiger partial charge in [0.1, 0.15) is 23.5 Å². The van der Waals surface area contributed by atoms with Gasteiger partial charge in [0, 0.05) is 12.5 Å². The zero-order valence-corrected chi connectivity index (χ0v) is 10.0. The highest BCUT2D eigenvalue weighted by atomic mass is 15.0. The van der Waals surface area contributed by atoms with Crippen LogP contribution in [0.25, 0.3) is 0 Å². The molecule has 0 atom stereocenters. The van der Waals surface area contributed by atoms with Crippen molar-refractivity contribution < 1.29 is 0 Å². The molecule has 5 heteroatoms. The van der Waals surface area contributed by atoms with Crippen molar-refractivity contribution in [1.82, 2.24) is 9.97 Å². The van der Waals surface area contributed by atoms with Crippen molar-refractivity contribution in [3.8, 4) is 6.07 Å². The smallest absolute Gasteiger partial charge is 0.136 e. The Morgan fingerprint density at radius 3 is 2.83 bits per heavy atom. The third-order valence-corrected chi connectivity index (χ3v) is 2.42. The molecule has 0 spiro atoms. The summed E-state index contributed by atoms with van der Waals surface area (Å²) in [6, 6.07) is 11.0. The molecule has 0 fully saturated rings. The molecule has 2 rings (SSSR count). The maximum atomic E-state index is 9.00. The van der Waals surface area contributed by atoms with Crippen molar-refractivity contribution in [3.63, 3.8) is 0 Å². The molecule has 1 aromatic carbocycles. The van der Waals surface area contributed by atoms with Gasteiger partial charge in [-0.25, -0.2) is 9.97 Å². The van der Waals surface area contributed by atoms with E-state index in [9.17, 15) is 0 Å². The Hall–Kier alpha value is -2.61. The van der Waals surface area contributed by atoms with Gasteiger partial charge in [0.2, 0.25) is 0 Å². The highest BCUT2D eigenvalue weighted by Gasteiger charge is 2.04. The fraction of sp³-hybridized carbons (Fsp3) is 0.154. The first-order valence-corrected chi connectivity index (χ1v) is 5.62. The summed E-state index contributed by atoms with van der Waals surface area (Å²) in [7, 11) is 0. The molecule has 0 unspecified atom stereocenters. The van der Waals surface area contributed by atoms with E-state index in [0.717, 1.165) is 0 Å². The van der Waals surface area contributed by atoms with Crippen molar-refractivity contribution in [2.45, 2.75) is 13.3 Å². The minimum Gasteiger partial charge on any atom is -0.384 e. The molecule has 0 aliphatic rings. The second-order valence-electron chi connectivity index (χ2n) is 3.73. The molecule has 1 heterocycles. The van der Waals surface area contributed by atoms with Crippen molar-refractivity contribution in [3.05, 3.63) is 41.7 Å². The summed E-state index contributed by atoms with van der Waals surface area (Å²) in [5.41, 5.74) is 6.97. The van der Waals surface area contributed by atoms with Crippen molar-refractivity contribution >= 4 is 17.3 Å². The monoisotopic (exact) mass is 239 g/mol. The molecule has 0 bridgehead atoms. The number of anilines is 3. The highest BCUT2D eigenvalue weighted by Crippen LogP contribution is 2.19. The van der Waals surface area contributed by atoms with Crippen LogP contribution >= 0.6 is 0 Å². The predicted molar refractivity (Wildman–Crippen MR) is 70.3 cm³/mol. The molecule has 0 amide bonds. The van der Waals surface area contributed by atoms with Crippen molar-refractivity contribution in [2.75, 3.05) is 11.1 Å². The molecule has 18 heavy (non-hydrogen) atoms. The van der Waals surface area contributed by atoms with Gasteiger partial charge in [-0.05, 0) is 12.1 Å². The van der Waals surface area contributed by atoms with Gasteiger partial charge in [-0.3, -0.25) is 0 Å². The van der Waals surface area contributed by atoms with Crippen LogP contribution in [-0.2, 0) is 6.42 Å². The van der Waals surface area contributed by atoms with Gasteiger partial charge in [-0.2, -0.15) is 5.26 Å². The summed E-state index contributed by atoms with van der Waals surface area (Å²) in [6.45, 7) is 1.96. The Morgan fingerprint density at radius 2 is 2.11 bits per heavy atom. The van der Waals surface area contributed by atoms with Gasteiger partial charge in [0.05, 0.1) is 11.3 Å². The lowest BCUT2D eigenvalue weighted by molar-refractivity contribution is 0.948. The van der Waals surface area contributed by atoms with E-state index in [1.54, 1.807) is 12.1 Å². The maximum Gasteiger partial charge on any atom is 0.136 e. The zero-order valence-electron chi connectivity index (χ0n) is 10.0. The third kappa shape index (κ3) is 2.55. The van der Waals surface area contributed by atoms with Crippen LogP contribution in [0.1, 0.15) is 18.3 Å². The number of nitriles is 1. The molecule has 0 aliphatic carbocycles. The average molecular weight is 239 g/mol. The summed E-state index contributed by atoms with van der Waals surface area (Å²) in [5, 5.41) is 12.1. The van der Waals surface area contributed by atoms with Gasteiger partial charge >= 0.3 is 0 Å². The molecule has 0 saturated carbocycles. The largest absolute Gasteiger partial charge is 0.384 e. The summed E-state index contributed by atoms with van der Waals surface area (Å²) in [4.78, 5) is 8.41. The zero-order chi connectivity index (χ0) is 13.0. The number of aromatic nitrogens is 2. The number of aryl methyl sites for hydroxylation is 1. The molecular weight excluding hydrogens is 226 g/mol. The van der Waals surface area contributed by atoms with Crippen LogP contribution in [0.15, 0.2) is 30.3 Å². The molecule has 0 saturated heterocycles. The van der Waals surface area contributed by atoms with E-state index >= 15 is 0 Å². The molecule has 90 valence electrons. The Morgan fingerprint density at radius 1 is 1.33 bits per heavy atom. The van der Waals surface area contributed by atoms with Crippen LogP contribution in [0.2, 0.25) is 0 Å². The number of hydrogen-bond donors (Lipinski definition) is 2. The van der Waals surface area contributed by atoms with Gasteiger partial charge in [0.15, 0.2) is 0 Å². The van der Waals surface area contributed by atoms with E-state index in [4.69, 9.17) is 11.0 Å².